The van der Waals surface area contributed by atoms with Crippen LogP contribution in [0.4, 0.5) is 11.4 Å². The second-order valence-corrected chi connectivity index (χ2v) is 7.42. The summed E-state index contributed by atoms with van der Waals surface area (Å²) < 4.78 is 26.3. The molecule has 8 nitrogen and oxygen atoms in total. The Morgan fingerprint density at radius 3 is 2.57 bits per heavy atom. The maximum atomic E-state index is 12.5. The lowest BCUT2D eigenvalue weighted by Crippen LogP contribution is -2.28. The predicted octanol–water partition coefficient (Wildman–Crippen LogP) is 1.56. The van der Waals surface area contributed by atoms with Gasteiger partial charge in [-0.15, -0.1) is 0 Å². The van der Waals surface area contributed by atoms with Gasteiger partial charge in [-0.25, -0.2) is 8.42 Å². The van der Waals surface area contributed by atoms with Crippen LogP contribution in [0, 0.1) is 10.1 Å². The number of nitro groups is 1. The number of hydrogen-bond acceptors (Lipinski definition) is 6. The van der Waals surface area contributed by atoms with Crippen LogP contribution < -0.4 is 5.32 Å². The first-order chi connectivity index (χ1) is 10.9. The highest BCUT2D eigenvalue weighted by atomic mass is 32.2. The standard InChI is InChI=1S/C14H21N3O5S/c1-2-11(10-18)15-13-6-5-12(9-14(13)17(19)20)23(21,22)16-7-3-4-8-16/h5-6,9,11,15,18H,2-4,7-8,10H2,1H3/t11-/m1/s1. The molecule has 128 valence electrons. The van der Waals surface area contributed by atoms with Crippen LogP contribution in [0.25, 0.3) is 0 Å². The summed E-state index contributed by atoms with van der Waals surface area (Å²) in [5, 5.41) is 23.4. The molecule has 1 aromatic carbocycles. The SMILES string of the molecule is CC[C@H](CO)Nc1ccc(S(=O)(=O)N2CCCC2)cc1[N+](=O)[O-]. The highest BCUT2D eigenvalue weighted by Gasteiger charge is 2.29. The fraction of sp³-hybridized carbons (Fsp3) is 0.571. The van der Waals surface area contributed by atoms with E-state index in [9.17, 15) is 23.6 Å². The van der Waals surface area contributed by atoms with Gasteiger partial charge in [-0.1, -0.05) is 6.92 Å². The molecule has 1 saturated heterocycles. The molecule has 1 aliphatic rings. The van der Waals surface area contributed by atoms with Crippen molar-refractivity contribution < 1.29 is 18.4 Å². The molecule has 1 aliphatic heterocycles. The van der Waals surface area contributed by atoms with Crippen LogP contribution in [0.15, 0.2) is 23.1 Å². The molecule has 0 saturated carbocycles. The first-order valence-electron chi connectivity index (χ1n) is 7.56. The number of anilines is 1. The molecule has 0 aliphatic carbocycles. The normalized spacial score (nSPS) is 17.1. The van der Waals surface area contributed by atoms with Crippen LogP contribution >= 0.6 is 0 Å². The van der Waals surface area contributed by atoms with Gasteiger partial charge in [-0.2, -0.15) is 4.31 Å². The minimum atomic E-state index is -3.70. The van der Waals surface area contributed by atoms with E-state index in [1.807, 2.05) is 6.92 Å². The van der Waals surface area contributed by atoms with E-state index in [-0.39, 0.29) is 28.9 Å². The lowest BCUT2D eigenvalue weighted by molar-refractivity contribution is -0.384. The molecule has 0 spiro atoms. The Kier molecular flexibility index (Phi) is 5.55. The molecule has 0 bridgehead atoms. The van der Waals surface area contributed by atoms with Gasteiger partial charge in [-0.3, -0.25) is 10.1 Å². The smallest absolute Gasteiger partial charge is 0.293 e. The minimum absolute atomic E-state index is 0.0753. The number of aliphatic hydroxyl groups is 1. The largest absolute Gasteiger partial charge is 0.394 e. The van der Waals surface area contributed by atoms with E-state index in [4.69, 9.17) is 0 Å². The summed E-state index contributed by atoms with van der Waals surface area (Å²) in [6.45, 7) is 2.56. The molecule has 1 heterocycles. The van der Waals surface area contributed by atoms with Gasteiger partial charge < -0.3 is 10.4 Å². The zero-order valence-corrected chi connectivity index (χ0v) is 13.8. The van der Waals surface area contributed by atoms with Gasteiger partial charge in [-0.05, 0) is 31.4 Å². The van der Waals surface area contributed by atoms with Crippen LogP contribution in [0.1, 0.15) is 26.2 Å². The Hall–Kier alpha value is -1.71. The first-order valence-corrected chi connectivity index (χ1v) is 9.00. The number of nitrogens with one attached hydrogen (secondary N) is 1. The highest BCUT2D eigenvalue weighted by Crippen LogP contribution is 2.30. The molecular weight excluding hydrogens is 322 g/mol. The summed E-state index contributed by atoms with van der Waals surface area (Å²) in [5.74, 6) is 0. The predicted molar refractivity (Wildman–Crippen MR) is 85.9 cm³/mol. The Labute approximate surface area is 135 Å². The molecule has 2 N–H and O–H groups in total. The fourth-order valence-corrected chi connectivity index (χ4v) is 4.06. The summed E-state index contributed by atoms with van der Waals surface area (Å²) in [6, 6.07) is 3.52. The van der Waals surface area contributed by atoms with Gasteiger partial charge in [0.05, 0.1) is 16.4 Å². The molecule has 1 atom stereocenters. The quantitative estimate of drug-likeness (QED) is 0.574. The van der Waals surface area contributed by atoms with E-state index in [1.165, 1.54) is 16.4 Å². The van der Waals surface area contributed by atoms with Crippen molar-refractivity contribution in [1.29, 1.82) is 0 Å². The number of benzene rings is 1. The van der Waals surface area contributed by atoms with Gasteiger partial charge in [0, 0.05) is 25.2 Å². The van der Waals surface area contributed by atoms with Crippen molar-refractivity contribution in [1.82, 2.24) is 4.31 Å². The summed E-state index contributed by atoms with van der Waals surface area (Å²) in [4.78, 5) is 10.6. The van der Waals surface area contributed by atoms with Gasteiger partial charge in [0.25, 0.3) is 5.69 Å². The van der Waals surface area contributed by atoms with Crippen molar-refractivity contribution >= 4 is 21.4 Å². The number of aliphatic hydroxyl groups excluding tert-OH is 1. The van der Waals surface area contributed by atoms with Crippen LogP contribution in [0.3, 0.4) is 0 Å². The fourth-order valence-electron chi connectivity index (χ4n) is 2.52. The molecule has 9 heteroatoms. The van der Waals surface area contributed by atoms with E-state index in [2.05, 4.69) is 5.32 Å². The molecule has 23 heavy (non-hydrogen) atoms. The Bertz CT molecular complexity index is 667. The monoisotopic (exact) mass is 343 g/mol. The second kappa shape index (κ2) is 7.24. The number of rotatable bonds is 7. The maximum Gasteiger partial charge on any atom is 0.293 e. The third-order valence-corrected chi connectivity index (χ3v) is 5.84. The van der Waals surface area contributed by atoms with Crippen LogP contribution in [-0.2, 0) is 10.0 Å². The average molecular weight is 343 g/mol. The van der Waals surface area contributed by atoms with E-state index in [1.54, 1.807) is 0 Å². The van der Waals surface area contributed by atoms with Crippen molar-refractivity contribution in [2.75, 3.05) is 25.0 Å². The molecule has 0 radical (unpaired) electrons. The van der Waals surface area contributed by atoms with E-state index >= 15 is 0 Å². The Balaban J connectivity index is 2.37. The van der Waals surface area contributed by atoms with Crippen LogP contribution in [0.5, 0.6) is 0 Å². The molecular formula is C14H21N3O5S. The number of nitro benzene ring substituents is 1. The topological polar surface area (TPSA) is 113 Å². The average Bonchev–Trinajstić information content (AvgIpc) is 3.07. The van der Waals surface area contributed by atoms with Crippen molar-refractivity contribution in [3.63, 3.8) is 0 Å². The van der Waals surface area contributed by atoms with Crippen molar-refractivity contribution in [3.05, 3.63) is 28.3 Å². The first kappa shape index (κ1) is 17.6. The zero-order chi connectivity index (χ0) is 17.0. The third-order valence-electron chi connectivity index (χ3n) is 3.94. The van der Waals surface area contributed by atoms with Crippen LogP contribution in [-0.4, -0.2) is 48.5 Å². The molecule has 0 unspecified atom stereocenters. The van der Waals surface area contributed by atoms with Crippen molar-refractivity contribution in [2.45, 2.75) is 37.1 Å². The van der Waals surface area contributed by atoms with E-state index in [0.29, 0.717) is 19.5 Å². The Morgan fingerprint density at radius 2 is 2.04 bits per heavy atom. The van der Waals surface area contributed by atoms with Gasteiger partial charge >= 0.3 is 0 Å². The number of nitrogens with zero attached hydrogens (tertiary/aromatic N) is 2. The maximum absolute atomic E-state index is 12.5. The van der Waals surface area contributed by atoms with Gasteiger partial charge in [0.15, 0.2) is 0 Å². The van der Waals surface area contributed by atoms with Crippen molar-refractivity contribution in [3.8, 4) is 0 Å². The van der Waals surface area contributed by atoms with E-state index in [0.717, 1.165) is 18.9 Å². The number of hydrogen-bond donors (Lipinski definition) is 2. The minimum Gasteiger partial charge on any atom is -0.394 e. The van der Waals surface area contributed by atoms with Gasteiger partial charge in [0.1, 0.15) is 5.69 Å². The summed E-state index contributed by atoms with van der Waals surface area (Å²) >= 11 is 0. The molecule has 0 amide bonds. The van der Waals surface area contributed by atoms with Crippen LogP contribution in [0.2, 0.25) is 0 Å². The van der Waals surface area contributed by atoms with Gasteiger partial charge in [0.2, 0.25) is 10.0 Å². The lowest BCUT2D eigenvalue weighted by Gasteiger charge is -2.18. The number of sulfonamides is 1. The molecule has 0 aromatic heterocycles. The second-order valence-electron chi connectivity index (χ2n) is 5.48. The van der Waals surface area contributed by atoms with E-state index < -0.39 is 14.9 Å². The molecule has 1 aromatic rings. The molecule has 1 fully saturated rings. The third kappa shape index (κ3) is 3.80. The van der Waals surface area contributed by atoms with Crippen molar-refractivity contribution in [2.24, 2.45) is 0 Å². The lowest BCUT2D eigenvalue weighted by atomic mass is 10.2. The summed E-state index contributed by atoms with van der Waals surface area (Å²) in [6.07, 6.45) is 2.19. The summed E-state index contributed by atoms with van der Waals surface area (Å²) in [7, 11) is -3.70. The summed E-state index contributed by atoms with van der Waals surface area (Å²) in [5.41, 5.74) is -0.103. The highest BCUT2D eigenvalue weighted by molar-refractivity contribution is 7.89. The molecule has 2 rings (SSSR count). The zero-order valence-electron chi connectivity index (χ0n) is 12.9. The Morgan fingerprint density at radius 1 is 1.39 bits per heavy atom.